The SMILES string of the molecule is Cc1cc(N(C)Cc2cccc(F)c2)c(C(C)O)cc1F. The normalized spacial score (nSPS) is 12.3. The van der Waals surface area contributed by atoms with Crippen molar-refractivity contribution in [2.45, 2.75) is 26.5 Å². The Morgan fingerprint density at radius 1 is 1.19 bits per heavy atom. The van der Waals surface area contributed by atoms with Gasteiger partial charge in [0.05, 0.1) is 6.10 Å². The van der Waals surface area contributed by atoms with E-state index in [0.717, 1.165) is 11.3 Å². The van der Waals surface area contributed by atoms with E-state index < -0.39 is 6.10 Å². The molecule has 1 atom stereocenters. The summed E-state index contributed by atoms with van der Waals surface area (Å²) in [5, 5.41) is 9.83. The summed E-state index contributed by atoms with van der Waals surface area (Å²) in [6.07, 6.45) is -0.773. The molecule has 0 heterocycles. The molecule has 4 heteroatoms. The maximum Gasteiger partial charge on any atom is 0.126 e. The minimum Gasteiger partial charge on any atom is -0.389 e. The van der Waals surface area contributed by atoms with Crippen molar-refractivity contribution in [1.82, 2.24) is 0 Å². The summed E-state index contributed by atoms with van der Waals surface area (Å²) in [5.74, 6) is -0.624. The summed E-state index contributed by atoms with van der Waals surface area (Å²) in [7, 11) is 1.84. The molecule has 2 aromatic carbocycles. The molecule has 1 unspecified atom stereocenters. The first-order chi connectivity index (χ1) is 9.88. The Hall–Kier alpha value is -1.94. The molecule has 0 bridgehead atoms. The molecule has 2 aromatic rings. The van der Waals surface area contributed by atoms with Gasteiger partial charge in [-0.2, -0.15) is 0 Å². The highest BCUT2D eigenvalue weighted by Crippen LogP contribution is 2.29. The zero-order chi connectivity index (χ0) is 15.6. The van der Waals surface area contributed by atoms with Crippen LogP contribution in [0.25, 0.3) is 0 Å². The van der Waals surface area contributed by atoms with Crippen LogP contribution in [-0.4, -0.2) is 12.2 Å². The monoisotopic (exact) mass is 291 g/mol. The van der Waals surface area contributed by atoms with Crippen LogP contribution in [0.2, 0.25) is 0 Å². The van der Waals surface area contributed by atoms with E-state index in [9.17, 15) is 13.9 Å². The lowest BCUT2D eigenvalue weighted by atomic mass is 10.0. The Labute approximate surface area is 123 Å². The number of hydrogen-bond acceptors (Lipinski definition) is 2. The van der Waals surface area contributed by atoms with Gasteiger partial charge < -0.3 is 10.0 Å². The Morgan fingerprint density at radius 3 is 2.52 bits per heavy atom. The molecule has 1 N–H and O–H groups in total. The van der Waals surface area contributed by atoms with Gasteiger partial charge in [0.25, 0.3) is 0 Å². The molecule has 2 rings (SSSR count). The maximum atomic E-state index is 13.7. The van der Waals surface area contributed by atoms with Gasteiger partial charge in [-0.3, -0.25) is 0 Å². The molecule has 0 saturated heterocycles. The smallest absolute Gasteiger partial charge is 0.126 e. The minimum atomic E-state index is -0.773. The number of hydrogen-bond donors (Lipinski definition) is 1. The number of anilines is 1. The van der Waals surface area contributed by atoms with E-state index in [2.05, 4.69) is 0 Å². The van der Waals surface area contributed by atoms with Crippen LogP contribution in [0.5, 0.6) is 0 Å². The average molecular weight is 291 g/mol. The fraction of sp³-hybridized carbons (Fsp3) is 0.294. The molecule has 0 aliphatic carbocycles. The second kappa shape index (κ2) is 6.22. The third-order valence-electron chi connectivity index (χ3n) is 3.48. The molecule has 21 heavy (non-hydrogen) atoms. The fourth-order valence-corrected chi connectivity index (χ4v) is 2.34. The van der Waals surface area contributed by atoms with E-state index in [1.54, 1.807) is 26.0 Å². The van der Waals surface area contributed by atoms with Crippen LogP contribution < -0.4 is 4.90 Å². The van der Waals surface area contributed by atoms with Gasteiger partial charge in [-0.15, -0.1) is 0 Å². The first-order valence-electron chi connectivity index (χ1n) is 6.82. The molecular weight excluding hydrogens is 272 g/mol. The molecule has 2 nitrogen and oxygen atoms in total. The number of aliphatic hydroxyl groups excluding tert-OH is 1. The second-order valence-electron chi connectivity index (χ2n) is 5.32. The van der Waals surface area contributed by atoms with Crippen molar-refractivity contribution in [3.63, 3.8) is 0 Å². The van der Waals surface area contributed by atoms with E-state index in [1.807, 2.05) is 18.0 Å². The Balaban J connectivity index is 2.34. The highest BCUT2D eigenvalue weighted by molar-refractivity contribution is 5.56. The van der Waals surface area contributed by atoms with E-state index >= 15 is 0 Å². The lowest BCUT2D eigenvalue weighted by Crippen LogP contribution is -2.19. The van der Waals surface area contributed by atoms with Crippen LogP contribution in [0.4, 0.5) is 14.5 Å². The molecule has 0 aliphatic rings. The van der Waals surface area contributed by atoms with Crippen molar-refractivity contribution in [3.8, 4) is 0 Å². The van der Waals surface area contributed by atoms with Gasteiger partial charge in [0.15, 0.2) is 0 Å². The molecule has 0 amide bonds. The molecule has 0 aliphatic heterocycles. The van der Waals surface area contributed by atoms with E-state index in [-0.39, 0.29) is 11.6 Å². The van der Waals surface area contributed by atoms with E-state index in [0.29, 0.717) is 17.7 Å². The Kier molecular flexibility index (Phi) is 4.58. The van der Waals surface area contributed by atoms with Crippen molar-refractivity contribution >= 4 is 5.69 Å². The Bertz CT molecular complexity index is 641. The number of aryl methyl sites for hydroxylation is 1. The van der Waals surface area contributed by atoms with Crippen LogP contribution in [-0.2, 0) is 6.54 Å². The van der Waals surface area contributed by atoms with Gasteiger partial charge in [0.1, 0.15) is 11.6 Å². The summed E-state index contributed by atoms with van der Waals surface area (Å²) >= 11 is 0. The average Bonchev–Trinajstić information content (AvgIpc) is 2.41. The van der Waals surface area contributed by atoms with Gasteiger partial charge >= 0.3 is 0 Å². The van der Waals surface area contributed by atoms with Crippen molar-refractivity contribution in [2.75, 3.05) is 11.9 Å². The second-order valence-corrected chi connectivity index (χ2v) is 5.32. The zero-order valence-corrected chi connectivity index (χ0v) is 12.4. The van der Waals surface area contributed by atoms with Crippen LogP contribution in [0.3, 0.4) is 0 Å². The van der Waals surface area contributed by atoms with Crippen molar-refractivity contribution < 1.29 is 13.9 Å². The molecule has 0 aromatic heterocycles. The minimum absolute atomic E-state index is 0.285. The third kappa shape index (κ3) is 3.58. The first-order valence-corrected chi connectivity index (χ1v) is 6.82. The van der Waals surface area contributed by atoms with Crippen LogP contribution in [0.15, 0.2) is 36.4 Å². The van der Waals surface area contributed by atoms with Crippen molar-refractivity contribution in [1.29, 1.82) is 0 Å². The number of benzene rings is 2. The summed E-state index contributed by atoms with van der Waals surface area (Å²) < 4.78 is 26.9. The first kappa shape index (κ1) is 15.4. The fourth-order valence-electron chi connectivity index (χ4n) is 2.34. The largest absolute Gasteiger partial charge is 0.389 e. The predicted octanol–water partition coefficient (Wildman–Crippen LogP) is 3.96. The topological polar surface area (TPSA) is 23.5 Å². The van der Waals surface area contributed by atoms with Crippen LogP contribution in [0, 0.1) is 18.6 Å². The van der Waals surface area contributed by atoms with Gasteiger partial charge in [-0.1, -0.05) is 12.1 Å². The molecule has 112 valence electrons. The van der Waals surface area contributed by atoms with Crippen molar-refractivity contribution in [2.24, 2.45) is 0 Å². The van der Waals surface area contributed by atoms with Crippen molar-refractivity contribution in [3.05, 3.63) is 64.7 Å². The summed E-state index contributed by atoms with van der Waals surface area (Å²) in [4.78, 5) is 1.88. The zero-order valence-electron chi connectivity index (χ0n) is 12.4. The van der Waals surface area contributed by atoms with E-state index in [1.165, 1.54) is 18.2 Å². The van der Waals surface area contributed by atoms with Gasteiger partial charge in [-0.25, -0.2) is 8.78 Å². The highest BCUT2D eigenvalue weighted by Gasteiger charge is 2.15. The number of nitrogens with zero attached hydrogens (tertiary/aromatic N) is 1. The predicted molar refractivity (Wildman–Crippen MR) is 80.3 cm³/mol. The standard InChI is InChI=1S/C17H19F2NO/c1-11-7-17(15(12(2)21)9-16(11)19)20(3)10-13-5-4-6-14(18)8-13/h4-9,12,21H,10H2,1-3H3. The molecule has 0 fully saturated rings. The van der Waals surface area contributed by atoms with Gasteiger partial charge in [0.2, 0.25) is 0 Å². The molecule has 0 saturated carbocycles. The summed E-state index contributed by atoms with van der Waals surface area (Å²) in [5.41, 5.74) is 2.60. The van der Waals surface area contributed by atoms with Gasteiger partial charge in [0, 0.05) is 24.8 Å². The third-order valence-corrected chi connectivity index (χ3v) is 3.48. The number of aliphatic hydroxyl groups is 1. The maximum absolute atomic E-state index is 13.7. The number of rotatable bonds is 4. The molecule has 0 radical (unpaired) electrons. The number of halogens is 2. The highest BCUT2D eigenvalue weighted by atomic mass is 19.1. The quantitative estimate of drug-likeness (QED) is 0.921. The summed E-state index contributed by atoms with van der Waals surface area (Å²) in [6, 6.07) is 9.41. The van der Waals surface area contributed by atoms with E-state index in [4.69, 9.17) is 0 Å². The molecule has 0 spiro atoms. The lowest BCUT2D eigenvalue weighted by Gasteiger charge is -2.24. The Morgan fingerprint density at radius 2 is 1.90 bits per heavy atom. The van der Waals surface area contributed by atoms with Crippen LogP contribution in [0.1, 0.15) is 29.7 Å². The summed E-state index contributed by atoms with van der Waals surface area (Å²) in [6.45, 7) is 3.76. The van der Waals surface area contributed by atoms with Crippen LogP contribution >= 0.6 is 0 Å². The lowest BCUT2D eigenvalue weighted by molar-refractivity contribution is 0.199. The van der Waals surface area contributed by atoms with Gasteiger partial charge in [-0.05, 0) is 49.2 Å². The molecular formula is C17H19F2NO.